The molecule has 0 bridgehead atoms. The Bertz CT molecular complexity index is 636. The van der Waals surface area contributed by atoms with Crippen molar-refractivity contribution in [1.82, 2.24) is 4.90 Å². The van der Waals surface area contributed by atoms with E-state index in [0.717, 1.165) is 31.8 Å². The molecule has 0 amide bonds. The smallest absolute Gasteiger partial charge is 0.127 e. The number of benzene rings is 2. The van der Waals surface area contributed by atoms with Gasteiger partial charge in [0.15, 0.2) is 0 Å². The van der Waals surface area contributed by atoms with Crippen molar-refractivity contribution < 1.29 is 4.74 Å². The number of hydrogen-bond acceptors (Lipinski definition) is 2. The molecule has 0 atom stereocenters. The Morgan fingerprint density at radius 2 is 1.65 bits per heavy atom. The van der Waals surface area contributed by atoms with Crippen molar-refractivity contribution in [3.63, 3.8) is 0 Å². The molecule has 2 heteroatoms. The molecule has 120 valence electrons. The van der Waals surface area contributed by atoms with Gasteiger partial charge in [0, 0.05) is 12.1 Å². The zero-order chi connectivity index (χ0) is 16.1. The van der Waals surface area contributed by atoms with Crippen molar-refractivity contribution >= 4 is 5.57 Å². The van der Waals surface area contributed by atoms with Gasteiger partial charge in [0.25, 0.3) is 0 Å². The van der Waals surface area contributed by atoms with E-state index in [4.69, 9.17) is 4.74 Å². The van der Waals surface area contributed by atoms with E-state index in [1.807, 2.05) is 6.07 Å². The van der Waals surface area contributed by atoms with Gasteiger partial charge in [0.05, 0.1) is 0 Å². The van der Waals surface area contributed by atoms with Crippen molar-refractivity contribution in [2.75, 3.05) is 19.6 Å². The van der Waals surface area contributed by atoms with Crippen molar-refractivity contribution in [3.05, 3.63) is 71.3 Å². The molecule has 3 rings (SSSR count). The fourth-order valence-corrected chi connectivity index (χ4v) is 3.18. The van der Waals surface area contributed by atoms with E-state index >= 15 is 0 Å². The van der Waals surface area contributed by atoms with Gasteiger partial charge in [0.1, 0.15) is 12.4 Å². The van der Waals surface area contributed by atoms with E-state index in [1.54, 1.807) is 0 Å². The standard InChI is InChI=1S/C21H25NO/c1-3-22(4-2)15-9-13-19-18-11-6-5-10-17(18)16-23-21-14-8-7-12-20(19)21/h5-8,10-14H,3-4,9,15-16H2,1-2H3/b19-13-. The number of para-hydroxylation sites is 1. The first-order valence-electron chi connectivity index (χ1n) is 8.56. The van der Waals surface area contributed by atoms with Crippen LogP contribution in [0.2, 0.25) is 0 Å². The highest BCUT2D eigenvalue weighted by atomic mass is 16.5. The fraction of sp³-hybridized carbons (Fsp3) is 0.333. The number of rotatable bonds is 5. The first-order valence-corrected chi connectivity index (χ1v) is 8.56. The van der Waals surface area contributed by atoms with E-state index in [2.05, 4.69) is 67.3 Å². The lowest BCUT2D eigenvalue weighted by atomic mass is 9.93. The lowest BCUT2D eigenvalue weighted by Gasteiger charge is -2.17. The van der Waals surface area contributed by atoms with Crippen molar-refractivity contribution in [1.29, 1.82) is 0 Å². The molecular formula is C21H25NO. The minimum absolute atomic E-state index is 0.639. The van der Waals surface area contributed by atoms with Gasteiger partial charge in [-0.2, -0.15) is 0 Å². The highest BCUT2D eigenvalue weighted by Gasteiger charge is 2.18. The van der Waals surface area contributed by atoms with Crippen LogP contribution in [0.15, 0.2) is 54.6 Å². The van der Waals surface area contributed by atoms with Gasteiger partial charge in [-0.3, -0.25) is 0 Å². The number of fused-ring (bicyclic) bond motifs is 2. The van der Waals surface area contributed by atoms with Gasteiger partial charge < -0.3 is 9.64 Å². The molecule has 0 aromatic heterocycles. The molecule has 0 radical (unpaired) electrons. The Morgan fingerprint density at radius 3 is 2.43 bits per heavy atom. The molecule has 0 N–H and O–H groups in total. The molecular weight excluding hydrogens is 282 g/mol. The molecule has 0 spiro atoms. The summed E-state index contributed by atoms with van der Waals surface area (Å²) in [5, 5.41) is 0. The average molecular weight is 307 g/mol. The predicted molar refractivity (Wildman–Crippen MR) is 96.7 cm³/mol. The number of hydrogen-bond donors (Lipinski definition) is 0. The maximum absolute atomic E-state index is 6.02. The summed E-state index contributed by atoms with van der Waals surface area (Å²) in [7, 11) is 0. The Balaban J connectivity index is 1.96. The van der Waals surface area contributed by atoms with Gasteiger partial charge in [-0.15, -0.1) is 0 Å². The summed E-state index contributed by atoms with van der Waals surface area (Å²) in [6.45, 7) is 8.40. The van der Waals surface area contributed by atoms with Crippen molar-refractivity contribution in [2.45, 2.75) is 26.9 Å². The third-order valence-electron chi connectivity index (χ3n) is 4.56. The monoisotopic (exact) mass is 307 g/mol. The zero-order valence-corrected chi connectivity index (χ0v) is 14.1. The topological polar surface area (TPSA) is 12.5 Å². The van der Waals surface area contributed by atoms with Crippen LogP contribution >= 0.6 is 0 Å². The molecule has 2 aromatic carbocycles. The number of nitrogens with zero attached hydrogens (tertiary/aromatic N) is 1. The van der Waals surface area contributed by atoms with Crippen LogP contribution in [-0.2, 0) is 6.61 Å². The second kappa shape index (κ2) is 7.47. The summed E-state index contributed by atoms with van der Waals surface area (Å²) in [6, 6.07) is 17.0. The third kappa shape index (κ3) is 3.48. The normalized spacial score (nSPS) is 15.0. The van der Waals surface area contributed by atoms with Crippen molar-refractivity contribution in [3.8, 4) is 5.75 Å². The molecule has 2 nitrogen and oxygen atoms in total. The Hall–Kier alpha value is -2.06. The summed E-state index contributed by atoms with van der Waals surface area (Å²) in [5.41, 5.74) is 5.08. The van der Waals surface area contributed by atoms with E-state index < -0.39 is 0 Å². The molecule has 0 fully saturated rings. The highest BCUT2D eigenvalue weighted by Crippen LogP contribution is 2.36. The lowest BCUT2D eigenvalue weighted by Crippen LogP contribution is -2.23. The summed E-state index contributed by atoms with van der Waals surface area (Å²) < 4.78 is 6.02. The Morgan fingerprint density at radius 1 is 0.957 bits per heavy atom. The van der Waals surface area contributed by atoms with E-state index in [-0.39, 0.29) is 0 Å². The van der Waals surface area contributed by atoms with Crippen LogP contribution in [-0.4, -0.2) is 24.5 Å². The molecule has 1 heterocycles. The van der Waals surface area contributed by atoms with Crippen LogP contribution in [0, 0.1) is 0 Å². The van der Waals surface area contributed by atoms with Crippen molar-refractivity contribution in [2.24, 2.45) is 0 Å². The SMILES string of the molecule is CCN(CC)CC/C=C1/c2ccccc2COc2ccccc21. The van der Waals surface area contributed by atoms with Gasteiger partial charge in [-0.25, -0.2) is 0 Å². The second-order valence-electron chi connectivity index (χ2n) is 5.88. The molecule has 23 heavy (non-hydrogen) atoms. The van der Waals surface area contributed by atoms with Crippen LogP contribution in [0.25, 0.3) is 5.57 Å². The van der Waals surface area contributed by atoms with Crippen LogP contribution in [0.5, 0.6) is 5.75 Å². The molecule has 1 aliphatic rings. The molecule has 2 aromatic rings. The zero-order valence-electron chi connectivity index (χ0n) is 14.1. The maximum atomic E-state index is 6.02. The summed E-state index contributed by atoms with van der Waals surface area (Å²) >= 11 is 0. The lowest BCUT2D eigenvalue weighted by molar-refractivity contribution is 0.307. The number of ether oxygens (including phenoxy) is 1. The largest absolute Gasteiger partial charge is 0.488 e. The van der Waals surface area contributed by atoms with Crippen LogP contribution in [0.4, 0.5) is 0 Å². The second-order valence-corrected chi connectivity index (χ2v) is 5.88. The molecule has 0 aliphatic carbocycles. The van der Waals surface area contributed by atoms with Gasteiger partial charge >= 0.3 is 0 Å². The van der Waals surface area contributed by atoms with Crippen LogP contribution < -0.4 is 4.74 Å². The Kier molecular flexibility index (Phi) is 5.14. The van der Waals surface area contributed by atoms with E-state index in [9.17, 15) is 0 Å². The highest BCUT2D eigenvalue weighted by molar-refractivity contribution is 5.84. The predicted octanol–water partition coefficient (Wildman–Crippen LogP) is 4.74. The maximum Gasteiger partial charge on any atom is 0.127 e. The van der Waals surface area contributed by atoms with Gasteiger partial charge in [-0.05, 0) is 42.3 Å². The van der Waals surface area contributed by atoms with E-state index in [0.29, 0.717) is 6.61 Å². The molecule has 0 saturated carbocycles. The average Bonchev–Trinajstić information content (AvgIpc) is 2.76. The van der Waals surface area contributed by atoms with Gasteiger partial charge in [-0.1, -0.05) is 62.4 Å². The quantitative estimate of drug-likeness (QED) is 0.791. The van der Waals surface area contributed by atoms with Crippen LogP contribution in [0.1, 0.15) is 37.0 Å². The first kappa shape index (κ1) is 15.8. The summed E-state index contributed by atoms with van der Waals surface area (Å²) in [5.74, 6) is 0.984. The molecule has 0 saturated heterocycles. The molecule has 1 aliphatic heterocycles. The minimum Gasteiger partial charge on any atom is -0.488 e. The molecule has 0 unspecified atom stereocenters. The first-order chi connectivity index (χ1) is 11.3. The van der Waals surface area contributed by atoms with Gasteiger partial charge in [0.2, 0.25) is 0 Å². The summed E-state index contributed by atoms with van der Waals surface area (Å²) in [4.78, 5) is 2.46. The van der Waals surface area contributed by atoms with E-state index in [1.165, 1.54) is 22.3 Å². The minimum atomic E-state index is 0.639. The fourth-order valence-electron chi connectivity index (χ4n) is 3.18. The Labute approximate surface area is 139 Å². The summed E-state index contributed by atoms with van der Waals surface area (Å²) in [6.07, 6.45) is 3.43. The van der Waals surface area contributed by atoms with Crippen LogP contribution in [0.3, 0.4) is 0 Å². The third-order valence-corrected chi connectivity index (χ3v) is 4.56.